The Morgan fingerprint density at radius 2 is 2.14 bits per heavy atom. The van der Waals surface area contributed by atoms with Crippen molar-refractivity contribution in [1.29, 1.82) is 0 Å². The molecule has 1 N–H and O–H groups in total. The lowest BCUT2D eigenvalue weighted by molar-refractivity contribution is 0.112. The van der Waals surface area contributed by atoms with Crippen LogP contribution in [-0.2, 0) is 0 Å². The zero-order valence-corrected chi connectivity index (χ0v) is 7.48. The molecule has 0 saturated carbocycles. The molecule has 4 heteroatoms. The number of anilines is 1. The van der Waals surface area contributed by atoms with E-state index in [1.165, 1.54) is 12.1 Å². The molecule has 74 valence electrons. The third-order valence-electron chi connectivity index (χ3n) is 2.27. The summed E-state index contributed by atoms with van der Waals surface area (Å²) in [6.45, 7) is 1.00. The molecular formula is C10H10FNO2. The van der Waals surface area contributed by atoms with Gasteiger partial charge in [0.05, 0.1) is 6.10 Å². The monoisotopic (exact) mass is 195 g/mol. The number of aldehydes is 1. The van der Waals surface area contributed by atoms with Crippen LogP contribution < -0.4 is 4.90 Å². The number of carbonyl (C=O) groups is 1. The highest BCUT2D eigenvalue weighted by molar-refractivity contribution is 5.77. The van der Waals surface area contributed by atoms with Crippen LogP contribution in [-0.4, -0.2) is 30.6 Å². The van der Waals surface area contributed by atoms with Crippen LogP contribution in [0.4, 0.5) is 10.1 Å². The summed E-state index contributed by atoms with van der Waals surface area (Å²) in [7, 11) is 0. The van der Waals surface area contributed by atoms with Crippen LogP contribution in [0.5, 0.6) is 0 Å². The van der Waals surface area contributed by atoms with Crippen molar-refractivity contribution in [2.75, 3.05) is 18.0 Å². The lowest BCUT2D eigenvalue weighted by Crippen LogP contribution is -2.50. The van der Waals surface area contributed by atoms with Gasteiger partial charge in [0.1, 0.15) is 12.1 Å². The van der Waals surface area contributed by atoms with Crippen molar-refractivity contribution in [3.63, 3.8) is 0 Å². The summed E-state index contributed by atoms with van der Waals surface area (Å²) in [4.78, 5) is 12.3. The highest BCUT2D eigenvalue weighted by Crippen LogP contribution is 2.22. The van der Waals surface area contributed by atoms with Gasteiger partial charge in [-0.3, -0.25) is 4.79 Å². The van der Waals surface area contributed by atoms with Crippen LogP contribution in [0.15, 0.2) is 18.2 Å². The fraction of sp³-hybridized carbons (Fsp3) is 0.300. The Morgan fingerprint density at radius 3 is 2.71 bits per heavy atom. The molecule has 1 aromatic carbocycles. The van der Waals surface area contributed by atoms with Crippen molar-refractivity contribution in [2.24, 2.45) is 0 Å². The van der Waals surface area contributed by atoms with E-state index in [2.05, 4.69) is 0 Å². The van der Waals surface area contributed by atoms with Gasteiger partial charge in [0.15, 0.2) is 0 Å². The van der Waals surface area contributed by atoms with E-state index in [-0.39, 0.29) is 6.10 Å². The summed E-state index contributed by atoms with van der Waals surface area (Å²) in [5.74, 6) is -0.425. The quantitative estimate of drug-likeness (QED) is 0.710. The van der Waals surface area contributed by atoms with E-state index < -0.39 is 5.82 Å². The molecule has 0 radical (unpaired) electrons. The smallest absolute Gasteiger partial charge is 0.150 e. The number of aliphatic hydroxyl groups excluding tert-OH is 1. The Balaban J connectivity index is 2.25. The number of hydrogen-bond donors (Lipinski definition) is 1. The standard InChI is InChI=1S/C10H10FNO2/c11-8-1-7(6-13)2-9(3-8)12-4-10(14)5-12/h1-3,6,10,14H,4-5H2. The Hall–Kier alpha value is -1.42. The molecule has 3 nitrogen and oxygen atoms in total. The van der Waals surface area contributed by atoms with Crippen LogP contribution >= 0.6 is 0 Å². The van der Waals surface area contributed by atoms with Crippen molar-refractivity contribution >= 4 is 12.0 Å². The highest BCUT2D eigenvalue weighted by Gasteiger charge is 2.24. The summed E-state index contributed by atoms with van der Waals surface area (Å²) in [5.41, 5.74) is 0.971. The Labute approximate surface area is 80.8 Å². The molecule has 0 amide bonds. The van der Waals surface area contributed by atoms with Gasteiger partial charge >= 0.3 is 0 Å². The van der Waals surface area contributed by atoms with Crippen molar-refractivity contribution < 1.29 is 14.3 Å². The predicted octanol–water partition coefficient (Wildman–Crippen LogP) is 0.819. The van der Waals surface area contributed by atoms with Gasteiger partial charge in [-0.15, -0.1) is 0 Å². The van der Waals surface area contributed by atoms with Gasteiger partial charge in [0, 0.05) is 24.3 Å². The Kier molecular flexibility index (Phi) is 2.21. The SMILES string of the molecule is O=Cc1cc(F)cc(N2CC(O)C2)c1. The van der Waals surface area contributed by atoms with Gasteiger partial charge in [0.25, 0.3) is 0 Å². The van der Waals surface area contributed by atoms with Crippen molar-refractivity contribution in [2.45, 2.75) is 6.10 Å². The molecule has 1 saturated heterocycles. The fourth-order valence-electron chi connectivity index (χ4n) is 1.51. The maximum atomic E-state index is 13.0. The van der Waals surface area contributed by atoms with Gasteiger partial charge < -0.3 is 10.0 Å². The minimum atomic E-state index is -0.425. The number of hydrogen-bond acceptors (Lipinski definition) is 3. The summed E-state index contributed by atoms with van der Waals surface area (Å²) in [6, 6.07) is 4.16. The van der Waals surface area contributed by atoms with Crippen LogP contribution in [0, 0.1) is 5.82 Å². The van der Waals surface area contributed by atoms with E-state index in [1.54, 1.807) is 6.07 Å². The third-order valence-corrected chi connectivity index (χ3v) is 2.27. The number of aliphatic hydroxyl groups is 1. The van der Waals surface area contributed by atoms with E-state index in [0.29, 0.717) is 30.6 Å². The number of carbonyl (C=O) groups excluding carboxylic acids is 1. The molecule has 0 bridgehead atoms. The van der Waals surface area contributed by atoms with Gasteiger partial charge in [0.2, 0.25) is 0 Å². The number of benzene rings is 1. The minimum Gasteiger partial charge on any atom is -0.389 e. The Morgan fingerprint density at radius 1 is 1.43 bits per heavy atom. The average molecular weight is 195 g/mol. The van der Waals surface area contributed by atoms with E-state index in [4.69, 9.17) is 5.11 Å². The molecule has 0 aliphatic carbocycles. The number of nitrogens with zero attached hydrogens (tertiary/aromatic N) is 1. The van der Waals surface area contributed by atoms with Crippen molar-refractivity contribution in [3.8, 4) is 0 Å². The lowest BCUT2D eigenvalue weighted by Gasteiger charge is -2.37. The van der Waals surface area contributed by atoms with Crippen LogP contribution in [0.25, 0.3) is 0 Å². The molecule has 0 unspecified atom stereocenters. The first-order valence-corrected chi connectivity index (χ1v) is 4.38. The van der Waals surface area contributed by atoms with Crippen LogP contribution in [0.1, 0.15) is 10.4 Å². The average Bonchev–Trinajstić information content (AvgIpc) is 2.12. The molecular weight excluding hydrogens is 185 g/mol. The van der Waals surface area contributed by atoms with Crippen LogP contribution in [0.3, 0.4) is 0 Å². The second-order valence-corrected chi connectivity index (χ2v) is 3.42. The van der Waals surface area contributed by atoms with E-state index >= 15 is 0 Å². The molecule has 1 aliphatic heterocycles. The number of β-amino-alcohol motifs (C(OH)–C–C–N with tert-alkyl or cyclic N) is 1. The lowest BCUT2D eigenvalue weighted by atomic mass is 10.1. The molecule has 1 aliphatic rings. The maximum Gasteiger partial charge on any atom is 0.150 e. The second-order valence-electron chi connectivity index (χ2n) is 3.42. The van der Waals surface area contributed by atoms with Gasteiger partial charge in [-0.05, 0) is 18.2 Å². The first-order chi connectivity index (χ1) is 6.69. The first kappa shape index (κ1) is 9.15. The zero-order valence-electron chi connectivity index (χ0n) is 7.48. The molecule has 1 aromatic rings. The third kappa shape index (κ3) is 1.61. The molecule has 1 heterocycles. The number of rotatable bonds is 2. The largest absolute Gasteiger partial charge is 0.389 e. The van der Waals surface area contributed by atoms with E-state index in [9.17, 15) is 9.18 Å². The highest BCUT2D eigenvalue weighted by atomic mass is 19.1. The van der Waals surface area contributed by atoms with Crippen molar-refractivity contribution in [3.05, 3.63) is 29.6 Å². The van der Waals surface area contributed by atoms with Gasteiger partial charge in [-0.1, -0.05) is 0 Å². The Bertz CT molecular complexity index is 361. The molecule has 0 spiro atoms. The normalized spacial score (nSPS) is 16.6. The topological polar surface area (TPSA) is 40.5 Å². The van der Waals surface area contributed by atoms with Crippen LogP contribution in [0.2, 0.25) is 0 Å². The first-order valence-electron chi connectivity index (χ1n) is 4.38. The predicted molar refractivity (Wildman–Crippen MR) is 50.0 cm³/mol. The van der Waals surface area contributed by atoms with Gasteiger partial charge in [-0.25, -0.2) is 4.39 Å². The molecule has 1 fully saturated rings. The minimum absolute atomic E-state index is 0.321. The molecule has 0 aromatic heterocycles. The molecule has 2 rings (SSSR count). The van der Waals surface area contributed by atoms with Crippen molar-refractivity contribution in [1.82, 2.24) is 0 Å². The molecule has 0 atom stereocenters. The summed E-state index contributed by atoms with van der Waals surface area (Å²) < 4.78 is 13.0. The summed E-state index contributed by atoms with van der Waals surface area (Å²) in [6.07, 6.45) is 0.279. The van der Waals surface area contributed by atoms with E-state index in [1.807, 2.05) is 4.90 Å². The maximum absolute atomic E-state index is 13.0. The second kappa shape index (κ2) is 3.38. The number of halogens is 1. The zero-order chi connectivity index (χ0) is 10.1. The van der Waals surface area contributed by atoms with E-state index in [0.717, 1.165) is 0 Å². The molecule has 14 heavy (non-hydrogen) atoms. The fourth-order valence-corrected chi connectivity index (χ4v) is 1.51. The summed E-state index contributed by atoms with van der Waals surface area (Å²) in [5, 5.41) is 9.07. The van der Waals surface area contributed by atoms with Gasteiger partial charge in [-0.2, -0.15) is 0 Å². The summed E-state index contributed by atoms with van der Waals surface area (Å²) >= 11 is 0.